The summed E-state index contributed by atoms with van der Waals surface area (Å²) in [7, 11) is 1.61. The minimum Gasteiger partial charge on any atom is -0.497 e. The van der Waals surface area contributed by atoms with Crippen LogP contribution in [0.1, 0.15) is 39.5 Å². The van der Waals surface area contributed by atoms with Crippen molar-refractivity contribution in [1.29, 1.82) is 0 Å². The first-order valence-electron chi connectivity index (χ1n) is 10.1. The average molecular weight is 435 g/mol. The van der Waals surface area contributed by atoms with Crippen molar-refractivity contribution >= 4 is 23.4 Å². The second-order valence-corrected chi connectivity index (χ2v) is 7.92. The number of ether oxygens (including phenoxy) is 1. The van der Waals surface area contributed by atoms with Gasteiger partial charge in [-0.25, -0.2) is 0 Å². The number of benzene rings is 3. The van der Waals surface area contributed by atoms with Crippen LogP contribution in [0.3, 0.4) is 0 Å². The van der Waals surface area contributed by atoms with Crippen LogP contribution in [-0.4, -0.2) is 23.8 Å². The minimum absolute atomic E-state index is 0.0538. The fourth-order valence-corrected chi connectivity index (χ4v) is 3.94. The molecule has 158 valence electrons. The van der Waals surface area contributed by atoms with Gasteiger partial charge in [-0.2, -0.15) is 0 Å². The van der Waals surface area contributed by atoms with E-state index in [-0.39, 0.29) is 24.3 Å². The van der Waals surface area contributed by atoms with Crippen LogP contribution in [0.5, 0.6) is 5.75 Å². The Morgan fingerprint density at radius 3 is 2.45 bits per heavy atom. The standard InChI is InChI=1S/C25H23ClN2O3/c1-31-21-12-8-18(9-13-21)23(28-16-19-4-2-3-5-22(19)25(28)30)14-24(29)27-15-17-6-10-20(26)11-7-17/h2-13,23H,14-16H2,1H3,(H,27,29)/t23-/m1/s1. The van der Waals surface area contributed by atoms with E-state index >= 15 is 0 Å². The Hall–Kier alpha value is -3.31. The molecule has 1 atom stereocenters. The smallest absolute Gasteiger partial charge is 0.255 e. The van der Waals surface area contributed by atoms with Crippen LogP contribution in [0.4, 0.5) is 0 Å². The van der Waals surface area contributed by atoms with E-state index in [1.807, 2.05) is 60.7 Å². The molecule has 0 radical (unpaired) electrons. The number of hydrogen-bond donors (Lipinski definition) is 1. The highest BCUT2D eigenvalue weighted by atomic mass is 35.5. The van der Waals surface area contributed by atoms with Gasteiger partial charge in [0.15, 0.2) is 0 Å². The number of carbonyl (C=O) groups excluding carboxylic acids is 2. The number of nitrogens with one attached hydrogen (secondary N) is 1. The summed E-state index contributed by atoms with van der Waals surface area (Å²) in [5.74, 6) is 0.548. The first kappa shape index (κ1) is 20.9. The Balaban J connectivity index is 1.53. The number of methoxy groups -OCH3 is 1. The zero-order valence-electron chi connectivity index (χ0n) is 17.2. The summed E-state index contributed by atoms with van der Waals surface area (Å²) in [6, 6.07) is 22.1. The topological polar surface area (TPSA) is 58.6 Å². The quantitative estimate of drug-likeness (QED) is 0.583. The van der Waals surface area contributed by atoms with E-state index in [4.69, 9.17) is 16.3 Å². The van der Waals surface area contributed by atoms with Crippen molar-refractivity contribution in [3.63, 3.8) is 0 Å². The molecule has 0 saturated carbocycles. The zero-order valence-corrected chi connectivity index (χ0v) is 17.9. The summed E-state index contributed by atoms with van der Waals surface area (Å²) in [4.78, 5) is 27.7. The van der Waals surface area contributed by atoms with Crippen LogP contribution < -0.4 is 10.1 Å². The van der Waals surface area contributed by atoms with Gasteiger partial charge < -0.3 is 15.0 Å². The molecule has 1 aliphatic rings. The van der Waals surface area contributed by atoms with Gasteiger partial charge >= 0.3 is 0 Å². The maximum Gasteiger partial charge on any atom is 0.255 e. The van der Waals surface area contributed by atoms with Gasteiger partial charge in [0.1, 0.15) is 5.75 Å². The predicted octanol–water partition coefficient (Wildman–Crippen LogP) is 4.75. The number of hydrogen-bond acceptors (Lipinski definition) is 3. The van der Waals surface area contributed by atoms with Crippen molar-refractivity contribution in [2.24, 2.45) is 0 Å². The first-order chi connectivity index (χ1) is 15.0. The lowest BCUT2D eigenvalue weighted by Crippen LogP contribution is -2.34. The Morgan fingerprint density at radius 1 is 1.06 bits per heavy atom. The van der Waals surface area contributed by atoms with Gasteiger partial charge in [-0.15, -0.1) is 0 Å². The molecule has 2 amide bonds. The predicted molar refractivity (Wildman–Crippen MR) is 120 cm³/mol. The van der Waals surface area contributed by atoms with Gasteiger partial charge in [-0.1, -0.05) is 54.1 Å². The number of rotatable bonds is 7. The van der Waals surface area contributed by atoms with Crippen molar-refractivity contribution in [1.82, 2.24) is 10.2 Å². The lowest BCUT2D eigenvalue weighted by molar-refractivity contribution is -0.122. The highest BCUT2D eigenvalue weighted by Gasteiger charge is 2.34. The molecule has 0 saturated heterocycles. The number of halogens is 1. The molecule has 31 heavy (non-hydrogen) atoms. The molecule has 3 aromatic carbocycles. The lowest BCUT2D eigenvalue weighted by Gasteiger charge is -2.28. The zero-order chi connectivity index (χ0) is 21.8. The molecule has 0 fully saturated rings. The van der Waals surface area contributed by atoms with Gasteiger partial charge in [0.25, 0.3) is 5.91 Å². The molecule has 1 aliphatic heterocycles. The normalized spacial score (nSPS) is 13.6. The maximum atomic E-state index is 13.1. The summed E-state index contributed by atoms with van der Waals surface area (Å²) >= 11 is 5.92. The van der Waals surface area contributed by atoms with Crippen molar-refractivity contribution in [2.75, 3.05) is 7.11 Å². The molecule has 0 aliphatic carbocycles. The Labute approximate surface area is 186 Å². The molecule has 5 nitrogen and oxygen atoms in total. The number of fused-ring (bicyclic) bond motifs is 1. The van der Waals surface area contributed by atoms with Crippen LogP contribution in [-0.2, 0) is 17.9 Å². The largest absolute Gasteiger partial charge is 0.497 e. The number of carbonyl (C=O) groups is 2. The summed E-state index contributed by atoms with van der Waals surface area (Å²) in [6.45, 7) is 0.885. The van der Waals surface area contributed by atoms with Crippen LogP contribution >= 0.6 is 11.6 Å². The van der Waals surface area contributed by atoms with Crippen molar-refractivity contribution in [3.05, 3.63) is 100 Å². The Morgan fingerprint density at radius 2 is 1.77 bits per heavy atom. The van der Waals surface area contributed by atoms with Crippen LogP contribution in [0.15, 0.2) is 72.8 Å². The van der Waals surface area contributed by atoms with E-state index in [1.54, 1.807) is 24.1 Å². The van der Waals surface area contributed by atoms with Crippen LogP contribution in [0.25, 0.3) is 0 Å². The van der Waals surface area contributed by atoms with Crippen LogP contribution in [0, 0.1) is 0 Å². The molecule has 1 heterocycles. The van der Waals surface area contributed by atoms with E-state index in [1.165, 1.54) is 0 Å². The third-order valence-corrected chi connectivity index (χ3v) is 5.76. The third kappa shape index (κ3) is 4.72. The van der Waals surface area contributed by atoms with Crippen molar-refractivity contribution in [2.45, 2.75) is 25.6 Å². The lowest BCUT2D eigenvalue weighted by atomic mass is 10.0. The Kier molecular flexibility index (Phi) is 6.23. The van der Waals surface area contributed by atoms with E-state index in [9.17, 15) is 9.59 Å². The second kappa shape index (κ2) is 9.23. The first-order valence-corrected chi connectivity index (χ1v) is 10.5. The summed E-state index contributed by atoms with van der Waals surface area (Å²) in [5, 5.41) is 3.61. The monoisotopic (exact) mass is 434 g/mol. The van der Waals surface area contributed by atoms with E-state index < -0.39 is 0 Å². The maximum absolute atomic E-state index is 13.1. The molecule has 0 aromatic heterocycles. The van der Waals surface area contributed by atoms with Gasteiger partial charge in [0, 0.05) is 23.7 Å². The number of amides is 2. The van der Waals surface area contributed by atoms with Gasteiger partial charge in [-0.3, -0.25) is 9.59 Å². The molecular weight excluding hydrogens is 412 g/mol. The highest BCUT2D eigenvalue weighted by molar-refractivity contribution is 6.30. The van der Waals surface area contributed by atoms with Crippen molar-refractivity contribution in [3.8, 4) is 5.75 Å². The molecule has 0 bridgehead atoms. The fourth-order valence-electron chi connectivity index (χ4n) is 3.81. The Bertz CT molecular complexity index is 1080. The molecule has 0 unspecified atom stereocenters. The van der Waals surface area contributed by atoms with E-state index in [2.05, 4.69) is 5.32 Å². The SMILES string of the molecule is COc1ccc([C@@H](CC(=O)NCc2ccc(Cl)cc2)N2Cc3ccccc3C2=O)cc1. The molecule has 3 aromatic rings. The van der Waals surface area contributed by atoms with Crippen LogP contribution in [0.2, 0.25) is 5.02 Å². The molecule has 1 N–H and O–H groups in total. The molecule has 6 heteroatoms. The molecular formula is C25H23ClN2O3. The van der Waals surface area contributed by atoms with E-state index in [0.717, 1.165) is 22.4 Å². The average Bonchev–Trinajstić information content (AvgIpc) is 3.13. The highest BCUT2D eigenvalue weighted by Crippen LogP contribution is 2.34. The van der Waals surface area contributed by atoms with E-state index in [0.29, 0.717) is 23.7 Å². The molecule has 4 rings (SSSR count). The third-order valence-electron chi connectivity index (χ3n) is 5.51. The molecule has 0 spiro atoms. The van der Waals surface area contributed by atoms with Crippen molar-refractivity contribution < 1.29 is 14.3 Å². The van der Waals surface area contributed by atoms with Gasteiger partial charge in [0.2, 0.25) is 5.91 Å². The second-order valence-electron chi connectivity index (χ2n) is 7.49. The number of nitrogens with zero attached hydrogens (tertiary/aromatic N) is 1. The minimum atomic E-state index is -0.379. The van der Waals surface area contributed by atoms with Gasteiger partial charge in [0.05, 0.1) is 19.6 Å². The summed E-state index contributed by atoms with van der Waals surface area (Å²) in [5.41, 5.74) is 3.53. The summed E-state index contributed by atoms with van der Waals surface area (Å²) < 4.78 is 5.25. The summed E-state index contributed by atoms with van der Waals surface area (Å²) in [6.07, 6.45) is 0.166. The fraction of sp³-hybridized carbons (Fsp3) is 0.200. The van der Waals surface area contributed by atoms with Gasteiger partial charge in [-0.05, 0) is 47.0 Å².